The molecule has 1 fully saturated rings. The van der Waals surface area contributed by atoms with Crippen LogP contribution < -0.4 is 10.5 Å². The molecule has 1 aromatic rings. The summed E-state index contributed by atoms with van der Waals surface area (Å²) >= 11 is 0. The van der Waals surface area contributed by atoms with Gasteiger partial charge >= 0.3 is 0 Å². The van der Waals surface area contributed by atoms with Crippen LogP contribution in [0.15, 0.2) is 24.5 Å². The highest BCUT2D eigenvalue weighted by Crippen LogP contribution is 2.39. The van der Waals surface area contributed by atoms with Gasteiger partial charge in [-0.2, -0.15) is 0 Å². The van der Waals surface area contributed by atoms with E-state index in [0.29, 0.717) is 12.8 Å². The van der Waals surface area contributed by atoms with Crippen LogP contribution in [0, 0.1) is 0 Å². The van der Waals surface area contributed by atoms with E-state index in [4.69, 9.17) is 0 Å². The molecular formula is C15H22N3O3-. The molecule has 0 bridgehead atoms. The molecule has 6 nitrogen and oxygen atoms in total. The molecule has 1 aromatic heterocycles. The van der Waals surface area contributed by atoms with E-state index in [9.17, 15) is 14.7 Å². The Morgan fingerprint density at radius 2 is 1.71 bits per heavy atom. The van der Waals surface area contributed by atoms with Crippen molar-refractivity contribution in [3.8, 4) is 0 Å². The monoisotopic (exact) mass is 292 g/mol. The van der Waals surface area contributed by atoms with Gasteiger partial charge in [0.25, 0.3) is 5.91 Å². The summed E-state index contributed by atoms with van der Waals surface area (Å²) in [5, 5.41) is 11.7. The predicted octanol–water partition coefficient (Wildman–Crippen LogP) is 1.31. The van der Waals surface area contributed by atoms with Gasteiger partial charge in [-0.15, -0.1) is 0 Å². The molecule has 2 amide bonds. The van der Waals surface area contributed by atoms with Gasteiger partial charge in [-0.25, -0.2) is 0 Å². The van der Waals surface area contributed by atoms with E-state index in [0.717, 1.165) is 12.8 Å². The first kappa shape index (κ1) is 15.4. The molecule has 1 saturated carbocycles. The van der Waals surface area contributed by atoms with Gasteiger partial charge < -0.3 is 14.8 Å². The molecule has 1 N–H and O–H groups in total. The summed E-state index contributed by atoms with van der Waals surface area (Å²) in [5.41, 5.74) is 1.01. The Labute approximate surface area is 124 Å². The lowest BCUT2D eigenvalue weighted by atomic mass is 9.89. The van der Waals surface area contributed by atoms with Gasteiger partial charge in [0.1, 0.15) is 11.6 Å². The first-order valence-corrected chi connectivity index (χ1v) is 7.23. The summed E-state index contributed by atoms with van der Waals surface area (Å²) in [6.45, 7) is 5.35. The summed E-state index contributed by atoms with van der Waals surface area (Å²) in [5.74, 6) is -0.296. The number of hydrogen-bond donors (Lipinski definition) is 1. The Kier molecular flexibility index (Phi) is 3.98. The second-order valence-corrected chi connectivity index (χ2v) is 6.54. The summed E-state index contributed by atoms with van der Waals surface area (Å²) in [7, 11) is 0. The number of hydrogen-bond acceptors (Lipinski definition) is 3. The first-order chi connectivity index (χ1) is 9.77. The van der Waals surface area contributed by atoms with Crippen molar-refractivity contribution in [3.05, 3.63) is 24.5 Å². The van der Waals surface area contributed by atoms with Crippen molar-refractivity contribution in [1.29, 1.82) is 0 Å². The average Bonchev–Trinajstić information content (AvgIpc) is 2.98. The molecule has 0 atom stereocenters. The molecule has 1 aliphatic carbocycles. The van der Waals surface area contributed by atoms with Crippen molar-refractivity contribution < 1.29 is 14.7 Å². The zero-order valence-electron chi connectivity index (χ0n) is 12.8. The average molecular weight is 292 g/mol. The second-order valence-electron chi connectivity index (χ2n) is 6.54. The number of carbonyl (C=O) groups excluding carboxylic acids is 2. The minimum Gasteiger partial charge on any atom is -0.530 e. The normalized spacial score (nSPS) is 17.5. The van der Waals surface area contributed by atoms with Gasteiger partial charge in [-0.05, 0) is 45.7 Å². The van der Waals surface area contributed by atoms with Crippen LogP contribution in [0.3, 0.4) is 0 Å². The second kappa shape index (κ2) is 5.42. The molecule has 0 unspecified atom stereocenters. The largest absolute Gasteiger partial charge is 0.530 e. The van der Waals surface area contributed by atoms with E-state index in [1.807, 2.05) is 0 Å². The third kappa shape index (κ3) is 2.89. The van der Waals surface area contributed by atoms with Crippen molar-refractivity contribution in [2.24, 2.45) is 0 Å². The maximum Gasteiger partial charge on any atom is 0.264 e. The van der Waals surface area contributed by atoms with Gasteiger partial charge in [-0.1, -0.05) is 12.8 Å². The molecule has 0 aliphatic heterocycles. The molecular weight excluding hydrogens is 270 g/mol. The molecule has 21 heavy (non-hydrogen) atoms. The fourth-order valence-electron chi connectivity index (χ4n) is 3.23. The van der Waals surface area contributed by atoms with E-state index in [2.05, 4.69) is 5.43 Å². The number of rotatable bonds is 3. The minimum absolute atomic E-state index is 0.296. The van der Waals surface area contributed by atoms with E-state index in [1.165, 1.54) is 4.90 Å². The summed E-state index contributed by atoms with van der Waals surface area (Å²) in [4.78, 5) is 25.6. The van der Waals surface area contributed by atoms with Crippen LogP contribution in [-0.4, -0.2) is 32.7 Å². The van der Waals surface area contributed by atoms with E-state index in [1.54, 1.807) is 50.0 Å². The van der Waals surface area contributed by atoms with E-state index in [-0.39, 0.29) is 5.91 Å². The summed E-state index contributed by atoms with van der Waals surface area (Å²) < 4.78 is 1.54. The summed E-state index contributed by atoms with van der Waals surface area (Å²) in [6.07, 6.45) is 4.82. The predicted molar refractivity (Wildman–Crippen MR) is 77.0 cm³/mol. The molecule has 0 saturated heterocycles. The number of nitrogens with one attached hydrogen (secondary N) is 1. The van der Waals surface area contributed by atoms with E-state index >= 15 is 0 Å². The maximum atomic E-state index is 12.8. The van der Waals surface area contributed by atoms with Crippen molar-refractivity contribution in [2.45, 2.75) is 57.5 Å². The number of amides is 2. The van der Waals surface area contributed by atoms with Crippen LogP contribution in [0.2, 0.25) is 0 Å². The summed E-state index contributed by atoms with van der Waals surface area (Å²) in [6, 6.07) is 3.59. The van der Waals surface area contributed by atoms with Crippen molar-refractivity contribution in [1.82, 2.24) is 9.58 Å². The van der Waals surface area contributed by atoms with Crippen LogP contribution in [0.1, 0.15) is 46.5 Å². The Hall–Kier alpha value is -1.98. The maximum absolute atomic E-state index is 12.8. The van der Waals surface area contributed by atoms with Gasteiger partial charge in [-0.3, -0.25) is 14.9 Å². The number of carboxylic acid groups (broad SMARTS) is 1. The van der Waals surface area contributed by atoms with Crippen molar-refractivity contribution >= 4 is 12.0 Å². The molecule has 0 spiro atoms. The molecule has 2 rings (SSSR count). The molecule has 6 heteroatoms. The zero-order valence-corrected chi connectivity index (χ0v) is 12.8. The third-order valence-electron chi connectivity index (χ3n) is 3.97. The Balaban J connectivity index is 2.35. The number of carbonyl (C=O) groups is 2. The van der Waals surface area contributed by atoms with Gasteiger partial charge in [0, 0.05) is 17.9 Å². The van der Waals surface area contributed by atoms with Crippen LogP contribution in [-0.2, 0) is 4.79 Å². The van der Waals surface area contributed by atoms with Crippen molar-refractivity contribution in [3.63, 3.8) is 0 Å². The van der Waals surface area contributed by atoms with Gasteiger partial charge in [0.05, 0.1) is 0 Å². The highest BCUT2D eigenvalue weighted by Gasteiger charge is 2.50. The Morgan fingerprint density at radius 3 is 2.14 bits per heavy atom. The quantitative estimate of drug-likeness (QED) is 0.912. The fraction of sp³-hybridized carbons (Fsp3) is 0.600. The van der Waals surface area contributed by atoms with Crippen molar-refractivity contribution in [2.75, 3.05) is 5.43 Å². The van der Waals surface area contributed by atoms with Crippen LogP contribution >= 0.6 is 0 Å². The van der Waals surface area contributed by atoms with Crippen LogP contribution in [0.25, 0.3) is 0 Å². The topological polar surface area (TPSA) is 77.4 Å². The number of nitrogens with zero attached hydrogens (tertiary/aromatic N) is 2. The smallest absolute Gasteiger partial charge is 0.264 e. The van der Waals surface area contributed by atoms with Gasteiger partial charge in [0.15, 0.2) is 0 Å². The molecule has 116 valence electrons. The van der Waals surface area contributed by atoms with Gasteiger partial charge in [0.2, 0.25) is 0 Å². The standard InChI is InChI=1S/C15H23N3O3/c1-14(2,3)18(13(20)21)15(8-4-5-9-15)12(19)16-17-10-6-7-11-17/h6-7,10-11H,4-5,8-9H2,1-3H3,(H,16,19)(H,20,21)/p-1. The minimum atomic E-state index is -1.30. The van der Waals surface area contributed by atoms with Crippen LogP contribution in [0.4, 0.5) is 4.79 Å². The highest BCUT2D eigenvalue weighted by atomic mass is 16.4. The molecule has 1 aliphatic rings. The first-order valence-electron chi connectivity index (χ1n) is 7.23. The van der Waals surface area contributed by atoms with E-state index < -0.39 is 17.2 Å². The third-order valence-corrected chi connectivity index (χ3v) is 3.97. The lowest BCUT2D eigenvalue weighted by Gasteiger charge is -2.49. The van der Waals surface area contributed by atoms with Crippen LogP contribution in [0.5, 0.6) is 0 Å². The highest BCUT2D eigenvalue weighted by molar-refractivity contribution is 5.95. The lowest BCUT2D eigenvalue weighted by molar-refractivity contribution is -0.277. The SMILES string of the molecule is CC(C)(C)N(C(=O)[O-])C1(C(=O)Nn2cccc2)CCCC1. The fourth-order valence-corrected chi connectivity index (χ4v) is 3.23. The molecule has 0 radical (unpaired) electrons. The molecule has 1 heterocycles. The Morgan fingerprint density at radius 1 is 1.19 bits per heavy atom. The lowest BCUT2D eigenvalue weighted by Crippen LogP contribution is -2.67. The zero-order chi connectivity index (χ0) is 15.7. The number of aromatic nitrogens is 1. The molecule has 0 aromatic carbocycles. The Bertz CT molecular complexity index is 511.